The molecule has 2 N–H and O–H groups in total. The predicted octanol–water partition coefficient (Wildman–Crippen LogP) is 2.92. The first kappa shape index (κ1) is 14.2. The first-order chi connectivity index (χ1) is 9.36. The second kappa shape index (κ2) is 5.41. The van der Waals surface area contributed by atoms with Gasteiger partial charge in [-0.05, 0) is 18.2 Å². The van der Waals surface area contributed by atoms with Crippen LogP contribution in [0.4, 0.5) is 13.2 Å². The molecule has 8 heteroatoms. The van der Waals surface area contributed by atoms with Crippen molar-refractivity contribution in [2.24, 2.45) is 5.73 Å². The van der Waals surface area contributed by atoms with Gasteiger partial charge in [0.25, 0.3) is 0 Å². The van der Waals surface area contributed by atoms with E-state index in [0.717, 1.165) is 12.1 Å². The van der Waals surface area contributed by atoms with E-state index in [0.29, 0.717) is 5.69 Å². The maximum absolute atomic E-state index is 12.5. The zero-order valence-electron chi connectivity index (χ0n) is 9.89. The van der Waals surface area contributed by atoms with Gasteiger partial charge in [-0.3, -0.25) is 0 Å². The van der Waals surface area contributed by atoms with Gasteiger partial charge in [0.15, 0.2) is 0 Å². The SMILES string of the molecule is NC(=S)c1cnc(Oc2cccc(C(F)(F)F)c2)cn1. The summed E-state index contributed by atoms with van der Waals surface area (Å²) in [5.41, 5.74) is 4.85. The van der Waals surface area contributed by atoms with Crippen LogP contribution < -0.4 is 10.5 Å². The lowest BCUT2D eigenvalue weighted by molar-refractivity contribution is -0.137. The minimum atomic E-state index is -4.43. The molecule has 0 saturated heterocycles. The summed E-state index contributed by atoms with van der Waals surface area (Å²) in [4.78, 5) is 7.80. The molecule has 4 nitrogen and oxygen atoms in total. The first-order valence-corrected chi connectivity index (χ1v) is 5.74. The minimum absolute atomic E-state index is 0.0113. The number of hydrogen-bond acceptors (Lipinski definition) is 4. The number of nitrogens with two attached hydrogens (primary N) is 1. The highest BCUT2D eigenvalue weighted by Gasteiger charge is 2.30. The van der Waals surface area contributed by atoms with E-state index in [1.165, 1.54) is 24.5 Å². The molecular formula is C12H8F3N3OS. The Hall–Kier alpha value is -2.22. The smallest absolute Gasteiger partial charge is 0.416 e. The van der Waals surface area contributed by atoms with Gasteiger partial charge in [-0.25, -0.2) is 9.97 Å². The lowest BCUT2D eigenvalue weighted by Gasteiger charge is -2.09. The fourth-order valence-corrected chi connectivity index (χ4v) is 1.46. The Labute approximate surface area is 117 Å². The van der Waals surface area contributed by atoms with E-state index >= 15 is 0 Å². The largest absolute Gasteiger partial charge is 0.437 e. The normalized spacial score (nSPS) is 11.2. The molecule has 0 aliphatic rings. The quantitative estimate of drug-likeness (QED) is 0.883. The highest BCUT2D eigenvalue weighted by Crippen LogP contribution is 2.32. The summed E-state index contributed by atoms with van der Waals surface area (Å²) in [6.07, 6.45) is -1.92. The van der Waals surface area contributed by atoms with Gasteiger partial charge in [0.1, 0.15) is 16.4 Å². The molecule has 0 spiro atoms. The molecule has 1 aromatic carbocycles. The predicted molar refractivity (Wildman–Crippen MR) is 69.4 cm³/mol. The highest BCUT2D eigenvalue weighted by atomic mass is 32.1. The van der Waals surface area contributed by atoms with Gasteiger partial charge in [-0.2, -0.15) is 13.2 Å². The van der Waals surface area contributed by atoms with Crippen LogP contribution in [0.25, 0.3) is 0 Å². The molecule has 20 heavy (non-hydrogen) atoms. The fourth-order valence-electron chi connectivity index (χ4n) is 1.35. The number of benzene rings is 1. The molecule has 0 atom stereocenters. The average molecular weight is 299 g/mol. The van der Waals surface area contributed by atoms with Crippen LogP contribution in [0.1, 0.15) is 11.3 Å². The molecule has 2 aromatic rings. The van der Waals surface area contributed by atoms with Gasteiger partial charge >= 0.3 is 6.18 Å². The van der Waals surface area contributed by atoms with E-state index in [2.05, 4.69) is 9.97 Å². The van der Waals surface area contributed by atoms with Crippen LogP contribution in [0.3, 0.4) is 0 Å². The lowest BCUT2D eigenvalue weighted by Crippen LogP contribution is -2.11. The number of hydrogen-bond donors (Lipinski definition) is 1. The Bertz CT molecular complexity index is 629. The summed E-state index contributed by atoms with van der Waals surface area (Å²) in [5, 5.41) is 0. The summed E-state index contributed by atoms with van der Waals surface area (Å²) in [6, 6.07) is 4.46. The summed E-state index contributed by atoms with van der Waals surface area (Å²) < 4.78 is 42.8. The molecule has 2 rings (SSSR count). The molecule has 0 saturated carbocycles. The van der Waals surface area contributed by atoms with Crippen molar-refractivity contribution in [3.05, 3.63) is 47.9 Å². The standard InChI is InChI=1S/C12H8F3N3OS/c13-12(14,15)7-2-1-3-8(4-7)19-10-6-17-9(5-18-10)11(16)20/h1-6H,(H2,16,20). The summed E-state index contributed by atoms with van der Waals surface area (Å²) in [5.74, 6) is 0.0570. The van der Waals surface area contributed by atoms with Crippen molar-refractivity contribution >= 4 is 17.2 Å². The third-order valence-electron chi connectivity index (χ3n) is 2.26. The maximum atomic E-state index is 12.5. The van der Waals surface area contributed by atoms with Crippen LogP contribution in [0.15, 0.2) is 36.7 Å². The topological polar surface area (TPSA) is 61.0 Å². The van der Waals surface area contributed by atoms with Gasteiger partial charge in [-0.1, -0.05) is 18.3 Å². The molecule has 1 heterocycles. The second-order valence-corrected chi connectivity index (χ2v) is 4.17. The molecule has 0 amide bonds. The van der Waals surface area contributed by atoms with Crippen molar-refractivity contribution in [2.75, 3.05) is 0 Å². The van der Waals surface area contributed by atoms with Gasteiger partial charge in [-0.15, -0.1) is 0 Å². The fraction of sp³-hybridized carbons (Fsp3) is 0.0833. The lowest BCUT2D eigenvalue weighted by atomic mass is 10.2. The third kappa shape index (κ3) is 3.41. The number of ether oxygens (including phenoxy) is 1. The van der Waals surface area contributed by atoms with Crippen molar-refractivity contribution in [1.82, 2.24) is 9.97 Å². The number of aromatic nitrogens is 2. The van der Waals surface area contributed by atoms with E-state index in [9.17, 15) is 13.2 Å². The van der Waals surface area contributed by atoms with E-state index in [1.807, 2.05) is 0 Å². The molecule has 104 valence electrons. The Balaban J connectivity index is 2.20. The van der Waals surface area contributed by atoms with Crippen LogP contribution in [0.5, 0.6) is 11.6 Å². The van der Waals surface area contributed by atoms with Crippen molar-refractivity contribution in [3.63, 3.8) is 0 Å². The Kier molecular flexibility index (Phi) is 3.84. The van der Waals surface area contributed by atoms with Crippen LogP contribution in [-0.2, 0) is 6.18 Å². The van der Waals surface area contributed by atoms with E-state index in [1.54, 1.807) is 0 Å². The van der Waals surface area contributed by atoms with Crippen molar-refractivity contribution in [3.8, 4) is 11.6 Å². The van der Waals surface area contributed by atoms with E-state index in [4.69, 9.17) is 22.7 Å². The van der Waals surface area contributed by atoms with Crippen LogP contribution in [0, 0.1) is 0 Å². The molecule has 1 aromatic heterocycles. The van der Waals surface area contributed by atoms with Gasteiger partial charge in [0.05, 0.1) is 18.0 Å². The molecule has 0 fully saturated rings. The average Bonchev–Trinajstić information content (AvgIpc) is 2.38. The molecule has 0 bridgehead atoms. The second-order valence-electron chi connectivity index (χ2n) is 3.73. The maximum Gasteiger partial charge on any atom is 0.416 e. The third-order valence-corrected chi connectivity index (χ3v) is 2.47. The molecule has 0 unspecified atom stereocenters. The van der Waals surface area contributed by atoms with Crippen molar-refractivity contribution in [1.29, 1.82) is 0 Å². The van der Waals surface area contributed by atoms with Gasteiger partial charge in [0.2, 0.25) is 5.88 Å². The summed E-state index contributed by atoms with van der Waals surface area (Å²) in [7, 11) is 0. The van der Waals surface area contributed by atoms with Crippen LogP contribution in [-0.4, -0.2) is 15.0 Å². The molecule has 0 aliphatic carbocycles. The Morgan fingerprint density at radius 2 is 1.95 bits per heavy atom. The number of halogens is 3. The highest BCUT2D eigenvalue weighted by molar-refractivity contribution is 7.80. The molecule has 0 radical (unpaired) electrons. The monoisotopic (exact) mass is 299 g/mol. The van der Waals surface area contributed by atoms with Crippen molar-refractivity contribution in [2.45, 2.75) is 6.18 Å². The summed E-state index contributed by atoms with van der Waals surface area (Å²) in [6.45, 7) is 0. The van der Waals surface area contributed by atoms with Crippen LogP contribution >= 0.6 is 12.2 Å². The number of rotatable bonds is 3. The number of thiocarbonyl (C=S) groups is 1. The van der Waals surface area contributed by atoms with Gasteiger partial charge in [0, 0.05) is 0 Å². The molecule has 0 aliphatic heterocycles. The van der Waals surface area contributed by atoms with E-state index < -0.39 is 11.7 Å². The van der Waals surface area contributed by atoms with Crippen molar-refractivity contribution < 1.29 is 17.9 Å². The Morgan fingerprint density at radius 1 is 1.20 bits per heavy atom. The van der Waals surface area contributed by atoms with E-state index in [-0.39, 0.29) is 16.6 Å². The zero-order valence-corrected chi connectivity index (χ0v) is 10.7. The molecular weight excluding hydrogens is 291 g/mol. The first-order valence-electron chi connectivity index (χ1n) is 5.33. The number of alkyl halides is 3. The summed E-state index contributed by atoms with van der Waals surface area (Å²) >= 11 is 4.70. The number of nitrogens with zero attached hydrogens (tertiary/aromatic N) is 2. The Morgan fingerprint density at radius 3 is 2.50 bits per heavy atom. The van der Waals surface area contributed by atoms with Crippen LogP contribution in [0.2, 0.25) is 0 Å². The zero-order chi connectivity index (χ0) is 14.8. The minimum Gasteiger partial charge on any atom is -0.437 e. The van der Waals surface area contributed by atoms with Gasteiger partial charge < -0.3 is 10.5 Å².